The van der Waals surface area contributed by atoms with E-state index in [0.717, 1.165) is 6.42 Å². The van der Waals surface area contributed by atoms with E-state index in [2.05, 4.69) is 10.1 Å². The van der Waals surface area contributed by atoms with E-state index in [1.807, 2.05) is 6.92 Å². The van der Waals surface area contributed by atoms with E-state index in [-0.39, 0.29) is 5.92 Å². The normalized spacial score (nSPS) is 13.2. The highest BCUT2D eigenvalue weighted by Gasteiger charge is 2.12. The summed E-state index contributed by atoms with van der Waals surface area (Å²) in [7, 11) is 1.60. The van der Waals surface area contributed by atoms with Crippen LogP contribution in [0.5, 0.6) is 0 Å². The quantitative estimate of drug-likeness (QED) is 0.729. The summed E-state index contributed by atoms with van der Waals surface area (Å²) in [6.45, 7) is 3.03. The lowest BCUT2D eigenvalue weighted by Crippen LogP contribution is -2.04. The first kappa shape index (κ1) is 10.1. The van der Waals surface area contributed by atoms with Gasteiger partial charge < -0.3 is 15.0 Å². The number of nitrogens with two attached hydrogens (primary N) is 1. The topological polar surface area (TPSA) is 74.2 Å². The van der Waals surface area contributed by atoms with Gasteiger partial charge in [-0.25, -0.2) is 0 Å². The highest BCUT2D eigenvalue weighted by Crippen LogP contribution is 2.15. The first-order valence-electron chi connectivity index (χ1n) is 4.29. The summed E-state index contributed by atoms with van der Waals surface area (Å²) in [5.74, 6) is 1.45. The van der Waals surface area contributed by atoms with Crippen LogP contribution in [0.25, 0.3) is 0 Å². The first-order chi connectivity index (χ1) is 6.27. The summed E-state index contributed by atoms with van der Waals surface area (Å²) in [6.07, 6.45) is 0.856. The van der Waals surface area contributed by atoms with Crippen LogP contribution in [0.3, 0.4) is 0 Å². The van der Waals surface area contributed by atoms with Crippen molar-refractivity contribution in [1.29, 1.82) is 0 Å². The molecule has 0 radical (unpaired) electrons. The Bertz CT molecular complexity index is 249. The van der Waals surface area contributed by atoms with Crippen LogP contribution < -0.4 is 5.73 Å². The third-order valence-electron chi connectivity index (χ3n) is 1.78. The largest absolute Gasteiger partial charge is 0.377 e. The van der Waals surface area contributed by atoms with Crippen molar-refractivity contribution in [3.63, 3.8) is 0 Å². The molecule has 0 amide bonds. The molecule has 0 fully saturated rings. The van der Waals surface area contributed by atoms with Crippen molar-refractivity contribution in [2.24, 2.45) is 5.73 Å². The molecule has 1 heterocycles. The average molecular weight is 185 g/mol. The van der Waals surface area contributed by atoms with Crippen molar-refractivity contribution >= 4 is 0 Å². The van der Waals surface area contributed by atoms with Crippen molar-refractivity contribution in [3.05, 3.63) is 11.7 Å². The van der Waals surface area contributed by atoms with Crippen molar-refractivity contribution in [1.82, 2.24) is 10.1 Å². The zero-order valence-electron chi connectivity index (χ0n) is 7.99. The molecule has 0 bridgehead atoms. The van der Waals surface area contributed by atoms with Crippen molar-refractivity contribution in [3.8, 4) is 0 Å². The molecule has 2 N–H and O–H groups in total. The van der Waals surface area contributed by atoms with Gasteiger partial charge in [-0.3, -0.25) is 0 Å². The summed E-state index contributed by atoms with van der Waals surface area (Å²) < 4.78 is 9.91. The molecule has 0 aliphatic rings. The van der Waals surface area contributed by atoms with Gasteiger partial charge >= 0.3 is 0 Å². The number of nitrogens with zero attached hydrogens (tertiary/aromatic N) is 2. The fourth-order valence-electron chi connectivity index (χ4n) is 1.03. The Morgan fingerprint density at radius 3 is 3.00 bits per heavy atom. The van der Waals surface area contributed by atoms with Gasteiger partial charge in [0.2, 0.25) is 5.89 Å². The van der Waals surface area contributed by atoms with Crippen LogP contribution in [0.1, 0.15) is 31.0 Å². The smallest absolute Gasteiger partial charge is 0.229 e. The number of ether oxygens (including phenoxy) is 1. The predicted molar refractivity (Wildman–Crippen MR) is 47.1 cm³/mol. The summed E-state index contributed by atoms with van der Waals surface area (Å²) in [5, 5.41) is 3.76. The van der Waals surface area contributed by atoms with Gasteiger partial charge in [0, 0.05) is 13.0 Å². The molecule has 1 aromatic rings. The van der Waals surface area contributed by atoms with Crippen molar-refractivity contribution in [2.75, 3.05) is 13.7 Å². The SMILES string of the molecule is COCc1noc(C(C)CCN)n1. The van der Waals surface area contributed by atoms with Gasteiger partial charge in [-0.1, -0.05) is 12.1 Å². The van der Waals surface area contributed by atoms with E-state index < -0.39 is 0 Å². The minimum Gasteiger partial charge on any atom is -0.377 e. The van der Waals surface area contributed by atoms with Crippen LogP contribution in [-0.4, -0.2) is 23.8 Å². The summed E-state index contributed by atoms with van der Waals surface area (Å²) >= 11 is 0. The van der Waals surface area contributed by atoms with Gasteiger partial charge in [-0.2, -0.15) is 4.98 Å². The highest BCUT2D eigenvalue weighted by atomic mass is 16.5. The van der Waals surface area contributed by atoms with Gasteiger partial charge in [-0.05, 0) is 13.0 Å². The van der Waals surface area contributed by atoms with Crippen LogP contribution >= 0.6 is 0 Å². The summed E-state index contributed by atoms with van der Waals surface area (Å²) in [5.41, 5.74) is 5.42. The van der Waals surface area contributed by atoms with Gasteiger partial charge in [0.15, 0.2) is 5.82 Å². The second-order valence-corrected chi connectivity index (χ2v) is 2.96. The number of hydrogen-bond acceptors (Lipinski definition) is 5. The zero-order chi connectivity index (χ0) is 9.68. The number of hydrogen-bond donors (Lipinski definition) is 1. The average Bonchev–Trinajstić information content (AvgIpc) is 2.54. The third-order valence-corrected chi connectivity index (χ3v) is 1.78. The molecule has 1 atom stereocenters. The molecule has 0 saturated heterocycles. The minimum absolute atomic E-state index is 0.225. The number of rotatable bonds is 5. The lowest BCUT2D eigenvalue weighted by Gasteiger charge is -2.01. The van der Waals surface area contributed by atoms with Crippen molar-refractivity contribution in [2.45, 2.75) is 25.9 Å². The maximum atomic E-state index is 5.42. The van der Waals surface area contributed by atoms with Gasteiger partial charge in [0.1, 0.15) is 6.61 Å². The molecule has 0 aromatic carbocycles. The lowest BCUT2D eigenvalue weighted by atomic mass is 10.1. The molecule has 1 aromatic heterocycles. The molecule has 0 aliphatic heterocycles. The second kappa shape index (κ2) is 4.94. The summed E-state index contributed by atoms with van der Waals surface area (Å²) in [6, 6.07) is 0. The Morgan fingerprint density at radius 2 is 2.38 bits per heavy atom. The first-order valence-corrected chi connectivity index (χ1v) is 4.29. The molecule has 0 spiro atoms. The van der Waals surface area contributed by atoms with Crippen LogP contribution in [0.2, 0.25) is 0 Å². The molecule has 1 unspecified atom stereocenters. The third kappa shape index (κ3) is 2.78. The lowest BCUT2D eigenvalue weighted by molar-refractivity contribution is 0.174. The summed E-state index contributed by atoms with van der Waals surface area (Å²) in [4.78, 5) is 4.16. The molecule has 1 rings (SSSR count). The number of methoxy groups -OCH3 is 1. The fraction of sp³-hybridized carbons (Fsp3) is 0.750. The molecule has 5 heteroatoms. The second-order valence-electron chi connectivity index (χ2n) is 2.96. The van der Waals surface area contributed by atoms with Gasteiger partial charge in [0.25, 0.3) is 0 Å². The Balaban J connectivity index is 2.56. The molecule has 74 valence electrons. The molecule has 13 heavy (non-hydrogen) atoms. The van der Waals surface area contributed by atoms with Crippen LogP contribution in [0.4, 0.5) is 0 Å². The van der Waals surface area contributed by atoms with Gasteiger partial charge in [-0.15, -0.1) is 0 Å². The Labute approximate surface area is 77.3 Å². The molecule has 0 aliphatic carbocycles. The molecular weight excluding hydrogens is 170 g/mol. The zero-order valence-corrected chi connectivity index (χ0v) is 7.99. The van der Waals surface area contributed by atoms with Gasteiger partial charge in [0.05, 0.1) is 0 Å². The number of aromatic nitrogens is 2. The van der Waals surface area contributed by atoms with E-state index in [1.54, 1.807) is 7.11 Å². The predicted octanol–water partition coefficient (Wildman–Crippen LogP) is 0.668. The van der Waals surface area contributed by atoms with Crippen LogP contribution in [0.15, 0.2) is 4.52 Å². The maximum absolute atomic E-state index is 5.42. The minimum atomic E-state index is 0.225. The highest BCUT2D eigenvalue weighted by molar-refractivity contribution is 4.91. The maximum Gasteiger partial charge on any atom is 0.229 e. The fourth-order valence-corrected chi connectivity index (χ4v) is 1.03. The monoisotopic (exact) mass is 185 g/mol. The van der Waals surface area contributed by atoms with E-state index in [4.69, 9.17) is 15.0 Å². The van der Waals surface area contributed by atoms with Crippen LogP contribution in [0, 0.1) is 0 Å². The molecular formula is C8H15N3O2. The van der Waals surface area contributed by atoms with E-state index in [1.165, 1.54) is 0 Å². The Kier molecular flexibility index (Phi) is 3.85. The Morgan fingerprint density at radius 1 is 1.62 bits per heavy atom. The van der Waals surface area contributed by atoms with E-state index in [0.29, 0.717) is 24.9 Å². The van der Waals surface area contributed by atoms with Crippen LogP contribution in [-0.2, 0) is 11.3 Å². The molecule has 5 nitrogen and oxygen atoms in total. The Hall–Kier alpha value is -0.940. The standard InChI is InChI=1S/C8H15N3O2/c1-6(3-4-9)8-10-7(5-12-2)11-13-8/h6H,3-5,9H2,1-2H3. The van der Waals surface area contributed by atoms with E-state index in [9.17, 15) is 0 Å². The van der Waals surface area contributed by atoms with E-state index >= 15 is 0 Å². The van der Waals surface area contributed by atoms with Crippen molar-refractivity contribution < 1.29 is 9.26 Å². The molecule has 0 saturated carbocycles.